The van der Waals surface area contributed by atoms with Gasteiger partial charge in [0.15, 0.2) is 11.2 Å². The lowest BCUT2D eigenvalue weighted by Gasteiger charge is -2.06. The molecule has 0 fully saturated rings. The molecule has 4 rings (SSSR count). The second-order valence-corrected chi connectivity index (χ2v) is 6.50. The molecule has 0 saturated carbocycles. The van der Waals surface area contributed by atoms with Crippen molar-refractivity contribution in [3.63, 3.8) is 0 Å². The lowest BCUT2D eigenvalue weighted by atomic mass is 10.1. The van der Waals surface area contributed by atoms with Gasteiger partial charge in [-0.3, -0.25) is 9.20 Å². The summed E-state index contributed by atoms with van der Waals surface area (Å²) in [6, 6.07) is 15.3. The molecule has 0 saturated heterocycles. The highest BCUT2D eigenvalue weighted by atomic mass is 32.1. The van der Waals surface area contributed by atoms with Gasteiger partial charge in [0.25, 0.3) is 0 Å². The van der Waals surface area contributed by atoms with Crippen LogP contribution in [-0.4, -0.2) is 29.9 Å². The molecule has 0 aliphatic carbocycles. The van der Waals surface area contributed by atoms with Crippen molar-refractivity contribution in [1.29, 1.82) is 0 Å². The second-order valence-electron chi connectivity index (χ2n) is 5.67. The molecule has 0 atom stereocenters. The lowest BCUT2D eigenvalue weighted by Crippen LogP contribution is -1.94. The summed E-state index contributed by atoms with van der Waals surface area (Å²) in [5.74, 6) is 1.49. The fourth-order valence-corrected chi connectivity index (χ4v) is 3.86. The van der Waals surface area contributed by atoms with Crippen molar-refractivity contribution in [2.24, 2.45) is 0 Å². The van der Waals surface area contributed by atoms with Crippen LogP contribution in [-0.2, 0) is 0 Å². The molecule has 2 aromatic carbocycles. The van der Waals surface area contributed by atoms with Crippen LogP contribution in [0.4, 0.5) is 0 Å². The molecule has 0 radical (unpaired) electrons. The number of fused-ring (bicyclic) bond motifs is 1. The van der Waals surface area contributed by atoms with Gasteiger partial charge >= 0.3 is 0 Å². The minimum Gasteiger partial charge on any atom is -0.497 e. The number of methoxy groups -OCH3 is 2. The average Bonchev–Trinajstić information content (AvgIpc) is 3.27. The maximum Gasteiger partial charge on any atom is 0.195 e. The Morgan fingerprint density at radius 3 is 2.31 bits per heavy atom. The Hall–Kier alpha value is -3.12. The van der Waals surface area contributed by atoms with Crippen molar-refractivity contribution in [2.75, 3.05) is 14.2 Å². The lowest BCUT2D eigenvalue weighted by molar-refractivity contribution is 0.111. The number of rotatable bonds is 5. The van der Waals surface area contributed by atoms with Crippen LogP contribution in [0.3, 0.4) is 0 Å². The number of carbonyl (C=O) groups is 1. The topological polar surface area (TPSA) is 52.8 Å². The number of thiazole rings is 1. The van der Waals surface area contributed by atoms with E-state index in [1.54, 1.807) is 14.2 Å². The molecule has 130 valence electrons. The third kappa shape index (κ3) is 2.64. The molecule has 0 amide bonds. The van der Waals surface area contributed by atoms with E-state index in [-0.39, 0.29) is 0 Å². The number of hydrogen-bond donors (Lipinski definition) is 0. The summed E-state index contributed by atoms with van der Waals surface area (Å²) in [5.41, 5.74) is 3.89. The highest BCUT2D eigenvalue weighted by Gasteiger charge is 2.19. The van der Waals surface area contributed by atoms with Crippen molar-refractivity contribution in [3.8, 4) is 34.0 Å². The van der Waals surface area contributed by atoms with Gasteiger partial charge in [0.05, 0.1) is 19.9 Å². The van der Waals surface area contributed by atoms with Crippen molar-refractivity contribution in [3.05, 3.63) is 59.6 Å². The smallest absolute Gasteiger partial charge is 0.195 e. The van der Waals surface area contributed by atoms with Gasteiger partial charge in [0, 0.05) is 16.5 Å². The van der Waals surface area contributed by atoms with Crippen LogP contribution in [0.15, 0.2) is 53.9 Å². The van der Waals surface area contributed by atoms with Crippen LogP contribution in [0, 0.1) is 0 Å². The van der Waals surface area contributed by atoms with E-state index in [2.05, 4.69) is 4.98 Å². The Bertz CT molecular complexity index is 1100. The quantitative estimate of drug-likeness (QED) is 0.487. The highest BCUT2D eigenvalue weighted by molar-refractivity contribution is 7.15. The van der Waals surface area contributed by atoms with Crippen LogP contribution in [0.25, 0.3) is 27.5 Å². The van der Waals surface area contributed by atoms with Gasteiger partial charge in [-0.15, -0.1) is 11.3 Å². The molecule has 0 bridgehead atoms. The van der Waals surface area contributed by atoms with E-state index in [0.717, 1.165) is 39.6 Å². The predicted molar refractivity (Wildman–Crippen MR) is 102 cm³/mol. The summed E-state index contributed by atoms with van der Waals surface area (Å²) in [5, 5.41) is 2.00. The second kappa shape index (κ2) is 6.65. The van der Waals surface area contributed by atoms with Crippen molar-refractivity contribution >= 4 is 22.6 Å². The molecule has 2 heterocycles. The first-order chi connectivity index (χ1) is 12.7. The van der Waals surface area contributed by atoms with Gasteiger partial charge in [-0.2, -0.15) is 0 Å². The average molecular weight is 364 g/mol. The SMILES string of the molecule is COc1cccc(-c2nc3scc(-c4cccc(OC)c4)n3c2C=O)c1. The number of benzene rings is 2. The van der Waals surface area contributed by atoms with E-state index in [1.165, 1.54) is 11.3 Å². The van der Waals surface area contributed by atoms with E-state index in [1.807, 2.05) is 58.3 Å². The summed E-state index contributed by atoms with van der Waals surface area (Å²) >= 11 is 1.50. The van der Waals surface area contributed by atoms with Crippen molar-refractivity contribution < 1.29 is 14.3 Å². The molecule has 2 aromatic heterocycles. The number of ether oxygens (including phenoxy) is 2. The van der Waals surface area contributed by atoms with Crippen LogP contribution in [0.2, 0.25) is 0 Å². The molecule has 0 aliphatic rings. The number of aromatic nitrogens is 2. The Balaban J connectivity index is 1.93. The van der Waals surface area contributed by atoms with Gasteiger partial charge in [0.2, 0.25) is 0 Å². The number of imidazole rings is 1. The summed E-state index contributed by atoms with van der Waals surface area (Å²) < 4.78 is 12.5. The van der Waals surface area contributed by atoms with E-state index in [9.17, 15) is 4.79 Å². The Kier molecular flexibility index (Phi) is 4.18. The van der Waals surface area contributed by atoms with Gasteiger partial charge in [-0.1, -0.05) is 24.3 Å². The Labute approximate surface area is 154 Å². The Morgan fingerprint density at radius 1 is 1.00 bits per heavy atom. The van der Waals surface area contributed by atoms with E-state index in [4.69, 9.17) is 9.47 Å². The summed E-state index contributed by atoms with van der Waals surface area (Å²) in [4.78, 5) is 17.4. The summed E-state index contributed by atoms with van der Waals surface area (Å²) in [6.45, 7) is 0. The summed E-state index contributed by atoms with van der Waals surface area (Å²) in [6.07, 6.45) is 0.852. The minimum atomic E-state index is 0.521. The molecule has 6 heteroatoms. The predicted octanol–water partition coefficient (Wildman–Crippen LogP) is 4.56. The normalized spacial score (nSPS) is 10.8. The van der Waals surface area contributed by atoms with Crippen LogP contribution in [0.1, 0.15) is 10.5 Å². The monoisotopic (exact) mass is 364 g/mol. The van der Waals surface area contributed by atoms with E-state index in [0.29, 0.717) is 11.4 Å². The van der Waals surface area contributed by atoms with Crippen molar-refractivity contribution in [1.82, 2.24) is 9.38 Å². The first-order valence-electron chi connectivity index (χ1n) is 7.99. The number of aldehydes is 1. The van der Waals surface area contributed by atoms with Gasteiger partial charge in [-0.05, 0) is 24.3 Å². The fraction of sp³-hybridized carbons (Fsp3) is 0.100. The first kappa shape index (κ1) is 16.4. The van der Waals surface area contributed by atoms with E-state index >= 15 is 0 Å². The standard InChI is InChI=1S/C20H16N2O3S/c1-24-15-7-3-5-13(9-15)18-12-26-20-21-19(17(11-23)22(18)20)14-6-4-8-16(10-14)25-2/h3-12H,1-2H3. The Morgan fingerprint density at radius 2 is 1.65 bits per heavy atom. The zero-order chi connectivity index (χ0) is 18.1. The first-order valence-corrected chi connectivity index (χ1v) is 8.87. The molecule has 0 unspecified atom stereocenters. The maximum atomic E-state index is 11.9. The maximum absolute atomic E-state index is 11.9. The van der Waals surface area contributed by atoms with Gasteiger partial charge in [-0.25, -0.2) is 4.98 Å². The van der Waals surface area contributed by atoms with E-state index < -0.39 is 0 Å². The molecular formula is C20H16N2O3S. The zero-order valence-corrected chi connectivity index (χ0v) is 15.1. The number of nitrogens with zero attached hydrogens (tertiary/aromatic N) is 2. The fourth-order valence-electron chi connectivity index (χ4n) is 2.96. The molecule has 0 aliphatic heterocycles. The molecule has 0 N–H and O–H groups in total. The van der Waals surface area contributed by atoms with Crippen LogP contribution in [0.5, 0.6) is 11.5 Å². The molecule has 26 heavy (non-hydrogen) atoms. The third-order valence-electron chi connectivity index (χ3n) is 4.22. The number of hydrogen-bond acceptors (Lipinski definition) is 5. The number of carbonyl (C=O) groups excluding carboxylic acids is 1. The van der Waals surface area contributed by atoms with Crippen LogP contribution < -0.4 is 9.47 Å². The third-order valence-corrected chi connectivity index (χ3v) is 5.05. The van der Waals surface area contributed by atoms with Crippen LogP contribution >= 0.6 is 11.3 Å². The molecule has 0 spiro atoms. The summed E-state index contributed by atoms with van der Waals surface area (Å²) in [7, 11) is 3.25. The highest BCUT2D eigenvalue weighted by Crippen LogP contribution is 2.34. The molecule has 4 aromatic rings. The van der Waals surface area contributed by atoms with Gasteiger partial charge in [0.1, 0.15) is 22.9 Å². The largest absolute Gasteiger partial charge is 0.497 e. The minimum absolute atomic E-state index is 0.521. The zero-order valence-electron chi connectivity index (χ0n) is 14.3. The van der Waals surface area contributed by atoms with Gasteiger partial charge < -0.3 is 9.47 Å². The molecular weight excluding hydrogens is 348 g/mol. The molecule has 5 nitrogen and oxygen atoms in total. The van der Waals surface area contributed by atoms with Crippen molar-refractivity contribution in [2.45, 2.75) is 0 Å².